The Bertz CT molecular complexity index is 1520. The van der Waals surface area contributed by atoms with Gasteiger partial charge in [-0.3, -0.25) is 9.59 Å². The number of dihydropyridines is 1. The topological polar surface area (TPSA) is 118 Å². The number of carboxylic acid groups (broad SMARTS) is 1. The largest absolute Gasteiger partial charge is 0.477 e. The number of carbonyl (C=O) groups is 2. The Hall–Kier alpha value is -4.27. The van der Waals surface area contributed by atoms with Crippen LogP contribution in [-0.4, -0.2) is 32.7 Å². The number of hydrogen-bond acceptors (Lipinski definition) is 4. The van der Waals surface area contributed by atoms with Crippen molar-refractivity contribution in [1.29, 1.82) is 0 Å². The van der Waals surface area contributed by atoms with E-state index in [1.165, 1.54) is 41.4 Å². The van der Waals surface area contributed by atoms with Gasteiger partial charge in [-0.2, -0.15) is 0 Å². The SMILES string of the molecule is O=C1CC(Cn2c(C(=O)O)c(-c3ccc[nH]c3=O)c3c4occc4c(F)cc32)=CC=N1. The van der Waals surface area contributed by atoms with Crippen molar-refractivity contribution in [2.45, 2.75) is 13.0 Å². The second-order valence-electron chi connectivity index (χ2n) is 7.12. The third-order valence-electron chi connectivity index (χ3n) is 5.28. The summed E-state index contributed by atoms with van der Waals surface area (Å²) in [7, 11) is 0. The minimum absolute atomic E-state index is 0.00624. The zero-order valence-corrected chi connectivity index (χ0v) is 15.9. The molecule has 0 spiro atoms. The van der Waals surface area contributed by atoms with Crippen molar-refractivity contribution in [3.05, 3.63) is 70.2 Å². The van der Waals surface area contributed by atoms with E-state index in [9.17, 15) is 23.9 Å². The third kappa shape index (κ3) is 2.90. The first-order valence-electron chi connectivity index (χ1n) is 9.34. The lowest BCUT2D eigenvalue weighted by molar-refractivity contribution is -0.117. The second-order valence-corrected chi connectivity index (χ2v) is 7.12. The number of nitrogens with zero attached hydrogens (tertiary/aromatic N) is 2. The van der Waals surface area contributed by atoms with Gasteiger partial charge >= 0.3 is 5.97 Å². The Morgan fingerprint density at radius 2 is 2.16 bits per heavy atom. The predicted molar refractivity (Wildman–Crippen MR) is 111 cm³/mol. The average molecular weight is 419 g/mol. The number of amides is 1. The molecule has 1 amide bonds. The van der Waals surface area contributed by atoms with Crippen molar-refractivity contribution in [2.24, 2.45) is 4.99 Å². The number of carboxylic acids is 1. The molecule has 31 heavy (non-hydrogen) atoms. The number of fused-ring (bicyclic) bond motifs is 3. The van der Waals surface area contributed by atoms with Gasteiger partial charge < -0.3 is 19.1 Å². The van der Waals surface area contributed by atoms with Crippen LogP contribution in [-0.2, 0) is 11.3 Å². The molecule has 0 bridgehead atoms. The molecule has 4 heterocycles. The Balaban J connectivity index is 1.93. The summed E-state index contributed by atoms with van der Waals surface area (Å²) in [6.07, 6.45) is 5.73. The molecule has 4 aromatic rings. The number of allylic oxidation sites excluding steroid dienone is 1. The van der Waals surface area contributed by atoms with Crippen LogP contribution in [0.4, 0.5) is 4.39 Å². The molecule has 0 saturated heterocycles. The number of halogens is 1. The van der Waals surface area contributed by atoms with Crippen molar-refractivity contribution in [2.75, 3.05) is 0 Å². The van der Waals surface area contributed by atoms with E-state index in [0.717, 1.165) is 0 Å². The first kappa shape index (κ1) is 18.7. The van der Waals surface area contributed by atoms with E-state index in [1.807, 2.05) is 0 Å². The molecule has 1 aliphatic heterocycles. The highest BCUT2D eigenvalue weighted by atomic mass is 19.1. The molecule has 5 rings (SSSR count). The van der Waals surface area contributed by atoms with Gasteiger partial charge in [-0.25, -0.2) is 14.2 Å². The molecule has 0 fully saturated rings. The molecule has 0 aliphatic carbocycles. The van der Waals surface area contributed by atoms with E-state index in [1.54, 1.807) is 12.1 Å². The van der Waals surface area contributed by atoms with Crippen molar-refractivity contribution in [1.82, 2.24) is 9.55 Å². The number of nitrogens with one attached hydrogen (secondary N) is 1. The molecule has 8 nitrogen and oxygen atoms in total. The number of aliphatic imine (C=N–C) groups is 1. The zero-order chi connectivity index (χ0) is 21.7. The van der Waals surface area contributed by atoms with Crippen LogP contribution in [0.5, 0.6) is 0 Å². The van der Waals surface area contributed by atoms with Crippen LogP contribution in [0.2, 0.25) is 0 Å². The summed E-state index contributed by atoms with van der Waals surface area (Å²) in [5.74, 6) is -2.24. The van der Waals surface area contributed by atoms with Gasteiger partial charge in [0.2, 0.25) is 5.91 Å². The Morgan fingerprint density at radius 1 is 1.32 bits per heavy atom. The number of carbonyl (C=O) groups excluding carboxylic acids is 1. The number of rotatable bonds is 4. The lowest BCUT2D eigenvalue weighted by Gasteiger charge is -2.13. The number of aromatic carboxylic acids is 1. The first-order chi connectivity index (χ1) is 15.0. The fourth-order valence-corrected chi connectivity index (χ4v) is 4.01. The number of pyridine rings is 1. The van der Waals surface area contributed by atoms with Crippen LogP contribution in [0.1, 0.15) is 16.9 Å². The molecular weight excluding hydrogens is 405 g/mol. The number of aromatic amines is 1. The highest BCUT2D eigenvalue weighted by Gasteiger charge is 2.29. The summed E-state index contributed by atoms with van der Waals surface area (Å²) in [6, 6.07) is 5.74. The van der Waals surface area contributed by atoms with Crippen LogP contribution in [0.25, 0.3) is 33.0 Å². The average Bonchev–Trinajstić information content (AvgIpc) is 3.32. The van der Waals surface area contributed by atoms with E-state index in [2.05, 4.69) is 9.98 Å². The fraction of sp³-hybridized carbons (Fsp3) is 0.0909. The Labute approximate surface area is 172 Å². The summed E-state index contributed by atoms with van der Waals surface area (Å²) in [6.45, 7) is 0.00624. The quantitative estimate of drug-likeness (QED) is 0.525. The summed E-state index contributed by atoms with van der Waals surface area (Å²) in [5.41, 5.74) is 0.533. The van der Waals surface area contributed by atoms with Crippen molar-refractivity contribution < 1.29 is 23.5 Å². The molecule has 0 atom stereocenters. The van der Waals surface area contributed by atoms with E-state index < -0.39 is 17.3 Å². The molecule has 1 aromatic carbocycles. The maximum absolute atomic E-state index is 14.8. The summed E-state index contributed by atoms with van der Waals surface area (Å²) < 4.78 is 21.7. The van der Waals surface area contributed by atoms with Gasteiger partial charge in [0.25, 0.3) is 5.56 Å². The standard InChI is InChI=1S/C22H14FN3O5/c23-14-9-15-18(20-12(14)4-7-31-20)17(13-2-1-5-25-21(13)28)19(22(29)30)26(15)10-11-3-6-24-16(27)8-11/h1-7,9H,8,10H2,(H,25,28)(H,29,30). The van der Waals surface area contributed by atoms with E-state index >= 15 is 0 Å². The molecular formula is C22H14FN3O5. The summed E-state index contributed by atoms with van der Waals surface area (Å²) in [5, 5.41) is 10.6. The molecule has 154 valence electrons. The van der Waals surface area contributed by atoms with Gasteiger partial charge in [-0.05, 0) is 35.9 Å². The number of benzene rings is 1. The zero-order valence-electron chi connectivity index (χ0n) is 15.9. The molecule has 0 saturated carbocycles. The smallest absolute Gasteiger partial charge is 0.353 e. The normalized spacial score (nSPS) is 13.8. The van der Waals surface area contributed by atoms with Gasteiger partial charge in [0.1, 0.15) is 17.1 Å². The summed E-state index contributed by atoms with van der Waals surface area (Å²) in [4.78, 5) is 42.9. The van der Waals surface area contributed by atoms with Crippen molar-refractivity contribution in [3.8, 4) is 11.1 Å². The molecule has 1 aliphatic rings. The first-order valence-corrected chi connectivity index (χ1v) is 9.34. The Morgan fingerprint density at radius 3 is 2.90 bits per heavy atom. The van der Waals surface area contributed by atoms with Crippen molar-refractivity contribution in [3.63, 3.8) is 0 Å². The van der Waals surface area contributed by atoms with Crippen LogP contribution in [0.3, 0.4) is 0 Å². The maximum Gasteiger partial charge on any atom is 0.353 e. The van der Waals surface area contributed by atoms with E-state index in [-0.39, 0.29) is 52.2 Å². The summed E-state index contributed by atoms with van der Waals surface area (Å²) >= 11 is 0. The second kappa shape index (κ2) is 6.91. The number of hydrogen-bond donors (Lipinski definition) is 2. The third-order valence-corrected chi connectivity index (χ3v) is 5.28. The Kier molecular flexibility index (Phi) is 4.18. The van der Waals surface area contributed by atoms with Crippen molar-refractivity contribution >= 4 is 40.0 Å². The molecule has 0 unspecified atom stereocenters. The lowest BCUT2D eigenvalue weighted by atomic mass is 10.0. The van der Waals surface area contributed by atoms with Crippen LogP contribution >= 0.6 is 0 Å². The van der Waals surface area contributed by atoms with Crippen LogP contribution in [0.15, 0.2) is 62.6 Å². The molecule has 2 N–H and O–H groups in total. The number of furan rings is 1. The van der Waals surface area contributed by atoms with Gasteiger partial charge in [-0.15, -0.1) is 0 Å². The maximum atomic E-state index is 14.8. The van der Waals surface area contributed by atoms with Crippen LogP contribution in [0, 0.1) is 5.82 Å². The number of aromatic nitrogens is 2. The van der Waals surface area contributed by atoms with Gasteiger partial charge in [0.15, 0.2) is 0 Å². The van der Waals surface area contributed by atoms with E-state index in [0.29, 0.717) is 11.0 Å². The van der Waals surface area contributed by atoms with Crippen LogP contribution < -0.4 is 5.56 Å². The lowest BCUT2D eigenvalue weighted by Crippen LogP contribution is -2.15. The monoisotopic (exact) mass is 419 g/mol. The minimum atomic E-state index is -1.30. The van der Waals surface area contributed by atoms with E-state index in [4.69, 9.17) is 4.42 Å². The fourth-order valence-electron chi connectivity index (χ4n) is 4.01. The minimum Gasteiger partial charge on any atom is -0.477 e. The predicted octanol–water partition coefficient (Wildman–Crippen LogP) is 3.51. The highest BCUT2D eigenvalue weighted by Crippen LogP contribution is 2.40. The van der Waals surface area contributed by atoms with Gasteiger partial charge in [-0.1, -0.05) is 0 Å². The number of H-pyrrole nitrogens is 1. The molecule has 0 radical (unpaired) electrons. The molecule has 3 aromatic heterocycles. The molecule has 9 heteroatoms. The van der Waals surface area contributed by atoms with Gasteiger partial charge in [0, 0.05) is 24.5 Å². The van der Waals surface area contributed by atoms with Gasteiger partial charge in [0.05, 0.1) is 34.5 Å². The highest BCUT2D eigenvalue weighted by molar-refractivity contribution is 6.17.